The highest BCUT2D eigenvalue weighted by atomic mass is 16.2. The Morgan fingerprint density at radius 1 is 0.966 bits per heavy atom. The Balaban J connectivity index is 1.41. The van der Waals surface area contributed by atoms with Crippen LogP contribution in [0.5, 0.6) is 0 Å². The molecular formula is C22H32N6O. The topological polar surface area (TPSA) is 78.0 Å². The minimum atomic E-state index is -0.0446. The highest BCUT2D eigenvalue weighted by Gasteiger charge is 2.42. The third-order valence-corrected chi connectivity index (χ3v) is 6.12. The number of H-pyrrole nitrogens is 1. The SMILES string of the molecule is CC(C)(C)c1cc(N2CC3CN(C(=O)c4cc(C(C)(C)C)[nH]n4)CC3C2)ncn1. The van der Waals surface area contributed by atoms with E-state index in [0.717, 1.165) is 43.4 Å². The van der Waals surface area contributed by atoms with E-state index in [1.54, 1.807) is 6.33 Å². The van der Waals surface area contributed by atoms with Gasteiger partial charge in [-0.15, -0.1) is 0 Å². The maximum atomic E-state index is 12.9. The van der Waals surface area contributed by atoms with E-state index in [4.69, 9.17) is 0 Å². The molecule has 0 aromatic carbocycles. The number of nitrogens with one attached hydrogen (secondary N) is 1. The summed E-state index contributed by atoms with van der Waals surface area (Å²) >= 11 is 0. The van der Waals surface area contributed by atoms with Gasteiger partial charge in [0.25, 0.3) is 5.91 Å². The largest absolute Gasteiger partial charge is 0.356 e. The lowest BCUT2D eigenvalue weighted by molar-refractivity contribution is 0.0776. The van der Waals surface area contributed by atoms with Crippen molar-refractivity contribution in [1.82, 2.24) is 25.1 Å². The standard InChI is InChI=1S/C22H32N6O/c1-21(2,3)17-8-19(24-13-23-17)27-9-14-11-28(12-15(14)10-27)20(29)16-7-18(26-25-16)22(4,5)6/h7-8,13-15H,9-12H2,1-6H3,(H,25,26). The number of amides is 1. The summed E-state index contributed by atoms with van der Waals surface area (Å²) in [6.45, 7) is 16.3. The van der Waals surface area contributed by atoms with Gasteiger partial charge in [0.2, 0.25) is 0 Å². The van der Waals surface area contributed by atoms with Crippen LogP contribution in [0.1, 0.15) is 63.4 Å². The molecule has 2 aromatic rings. The van der Waals surface area contributed by atoms with Crippen molar-refractivity contribution >= 4 is 11.7 Å². The molecule has 0 spiro atoms. The van der Waals surface area contributed by atoms with Gasteiger partial charge in [-0.05, 0) is 6.07 Å². The fourth-order valence-corrected chi connectivity index (χ4v) is 4.25. The maximum absolute atomic E-state index is 12.9. The quantitative estimate of drug-likeness (QED) is 0.844. The zero-order valence-electron chi connectivity index (χ0n) is 18.4. The van der Waals surface area contributed by atoms with Crippen molar-refractivity contribution in [3.63, 3.8) is 0 Å². The van der Waals surface area contributed by atoms with Gasteiger partial charge in [-0.3, -0.25) is 9.89 Å². The molecule has 2 aliphatic rings. The lowest BCUT2D eigenvalue weighted by atomic mass is 9.92. The highest BCUT2D eigenvalue weighted by Crippen LogP contribution is 2.35. The van der Waals surface area contributed by atoms with Crippen molar-refractivity contribution in [2.75, 3.05) is 31.1 Å². The second-order valence-electron chi connectivity index (χ2n) is 10.6. The van der Waals surface area contributed by atoms with E-state index in [1.165, 1.54) is 0 Å². The van der Waals surface area contributed by atoms with Crippen molar-refractivity contribution in [2.24, 2.45) is 11.8 Å². The first-order chi connectivity index (χ1) is 13.5. The van der Waals surface area contributed by atoms with E-state index in [1.807, 2.05) is 11.0 Å². The summed E-state index contributed by atoms with van der Waals surface area (Å²) in [5.41, 5.74) is 2.54. The molecule has 2 atom stereocenters. The summed E-state index contributed by atoms with van der Waals surface area (Å²) in [7, 11) is 0. The van der Waals surface area contributed by atoms with Gasteiger partial charge in [0.05, 0.1) is 5.69 Å². The summed E-state index contributed by atoms with van der Waals surface area (Å²) in [6.07, 6.45) is 1.67. The minimum absolute atomic E-state index is 0.00592. The average Bonchev–Trinajstić information content (AvgIpc) is 3.34. The third-order valence-electron chi connectivity index (χ3n) is 6.12. The number of anilines is 1. The Morgan fingerprint density at radius 2 is 1.62 bits per heavy atom. The first-order valence-electron chi connectivity index (χ1n) is 10.4. The number of aromatic nitrogens is 4. The van der Waals surface area contributed by atoms with Crippen molar-refractivity contribution < 1.29 is 4.79 Å². The van der Waals surface area contributed by atoms with E-state index < -0.39 is 0 Å². The van der Waals surface area contributed by atoms with Gasteiger partial charge >= 0.3 is 0 Å². The van der Waals surface area contributed by atoms with Crippen LogP contribution in [0, 0.1) is 11.8 Å². The summed E-state index contributed by atoms with van der Waals surface area (Å²) in [5.74, 6) is 2.00. The zero-order chi connectivity index (χ0) is 21.0. The number of carbonyl (C=O) groups excluding carboxylic acids is 1. The van der Waals surface area contributed by atoms with Gasteiger partial charge in [0.15, 0.2) is 0 Å². The second kappa shape index (κ2) is 6.82. The highest BCUT2D eigenvalue weighted by molar-refractivity contribution is 5.92. The molecule has 2 aliphatic heterocycles. The van der Waals surface area contributed by atoms with Gasteiger partial charge in [-0.25, -0.2) is 9.97 Å². The van der Waals surface area contributed by atoms with Gasteiger partial charge in [0.1, 0.15) is 17.8 Å². The fraction of sp³-hybridized carbons (Fsp3) is 0.636. The number of likely N-dealkylation sites (tertiary alicyclic amines) is 1. The number of hydrogen-bond acceptors (Lipinski definition) is 5. The molecule has 29 heavy (non-hydrogen) atoms. The summed E-state index contributed by atoms with van der Waals surface area (Å²) in [6, 6.07) is 4.01. The van der Waals surface area contributed by atoms with Crippen LogP contribution in [0.15, 0.2) is 18.5 Å². The Kier molecular flexibility index (Phi) is 4.67. The molecule has 1 amide bonds. The molecule has 156 valence electrons. The molecule has 0 saturated carbocycles. The third kappa shape index (κ3) is 3.87. The Bertz CT molecular complexity index is 893. The number of hydrogen-bond donors (Lipinski definition) is 1. The summed E-state index contributed by atoms with van der Waals surface area (Å²) < 4.78 is 0. The molecule has 4 rings (SSSR count). The maximum Gasteiger partial charge on any atom is 0.274 e. The van der Waals surface area contributed by atoms with Gasteiger partial charge in [0, 0.05) is 60.6 Å². The van der Waals surface area contributed by atoms with Crippen LogP contribution in [0.3, 0.4) is 0 Å². The molecule has 2 aromatic heterocycles. The van der Waals surface area contributed by atoms with Crippen LogP contribution >= 0.6 is 0 Å². The van der Waals surface area contributed by atoms with Crippen LogP contribution in [0.2, 0.25) is 0 Å². The van der Waals surface area contributed by atoms with Crippen LogP contribution in [0.25, 0.3) is 0 Å². The Morgan fingerprint density at radius 3 is 2.17 bits per heavy atom. The van der Waals surface area contributed by atoms with Gasteiger partial charge in [-0.2, -0.15) is 5.10 Å². The fourth-order valence-electron chi connectivity index (χ4n) is 4.25. The van der Waals surface area contributed by atoms with Crippen LogP contribution in [-0.2, 0) is 10.8 Å². The molecule has 4 heterocycles. The summed E-state index contributed by atoms with van der Waals surface area (Å²) in [4.78, 5) is 26.2. The van der Waals surface area contributed by atoms with E-state index in [9.17, 15) is 4.79 Å². The smallest absolute Gasteiger partial charge is 0.274 e. The predicted molar refractivity (Wildman–Crippen MR) is 113 cm³/mol. The lowest BCUT2D eigenvalue weighted by Gasteiger charge is -2.24. The lowest BCUT2D eigenvalue weighted by Crippen LogP contribution is -2.33. The van der Waals surface area contributed by atoms with E-state index in [2.05, 4.69) is 72.7 Å². The van der Waals surface area contributed by atoms with Crippen LogP contribution in [0.4, 0.5) is 5.82 Å². The molecule has 7 heteroatoms. The zero-order valence-corrected chi connectivity index (χ0v) is 18.4. The number of carbonyl (C=O) groups is 1. The normalized spacial score (nSPS) is 22.3. The van der Waals surface area contributed by atoms with Crippen LogP contribution in [-0.4, -0.2) is 57.2 Å². The average molecular weight is 397 g/mol. The number of aromatic amines is 1. The molecule has 0 radical (unpaired) electrons. The van der Waals surface area contributed by atoms with E-state index in [0.29, 0.717) is 17.5 Å². The molecule has 1 N–H and O–H groups in total. The molecule has 7 nitrogen and oxygen atoms in total. The van der Waals surface area contributed by atoms with E-state index >= 15 is 0 Å². The number of fused-ring (bicyclic) bond motifs is 1. The van der Waals surface area contributed by atoms with E-state index in [-0.39, 0.29) is 16.7 Å². The predicted octanol–water partition coefficient (Wildman–Crippen LogP) is 3.00. The number of nitrogens with zero attached hydrogens (tertiary/aromatic N) is 5. The van der Waals surface area contributed by atoms with Gasteiger partial charge in [-0.1, -0.05) is 41.5 Å². The van der Waals surface area contributed by atoms with Crippen LogP contribution < -0.4 is 4.90 Å². The summed E-state index contributed by atoms with van der Waals surface area (Å²) in [5, 5.41) is 7.30. The molecule has 2 saturated heterocycles. The van der Waals surface area contributed by atoms with Crippen molar-refractivity contribution in [2.45, 2.75) is 52.4 Å². The minimum Gasteiger partial charge on any atom is -0.356 e. The second-order valence-corrected chi connectivity index (χ2v) is 10.6. The van der Waals surface area contributed by atoms with Crippen molar-refractivity contribution in [3.05, 3.63) is 35.5 Å². The molecule has 0 bridgehead atoms. The van der Waals surface area contributed by atoms with Gasteiger partial charge < -0.3 is 9.80 Å². The first kappa shape index (κ1) is 19.9. The molecular weight excluding hydrogens is 364 g/mol. The monoisotopic (exact) mass is 396 g/mol. The Labute approximate surface area is 172 Å². The Hall–Kier alpha value is -2.44. The number of rotatable bonds is 2. The molecule has 2 unspecified atom stereocenters. The molecule has 2 fully saturated rings. The first-order valence-corrected chi connectivity index (χ1v) is 10.4. The van der Waals surface area contributed by atoms with Crippen molar-refractivity contribution in [3.8, 4) is 0 Å². The molecule has 0 aliphatic carbocycles. The van der Waals surface area contributed by atoms with Crippen molar-refractivity contribution in [1.29, 1.82) is 0 Å².